The lowest BCUT2D eigenvalue weighted by Crippen LogP contribution is -2.43. The molecule has 1 N–H and O–H groups in total. The summed E-state index contributed by atoms with van der Waals surface area (Å²) in [5, 5.41) is 6.68. The third kappa shape index (κ3) is 3.18. The Morgan fingerprint density at radius 1 is 1.43 bits per heavy atom. The number of nitrogens with zero attached hydrogens (tertiary/aromatic N) is 3. The molecule has 1 fully saturated rings. The van der Waals surface area contributed by atoms with Gasteiger partial charge in [0.1, 0.15) is 11.7 Å². The molecule has 1 aromatic carbocycles. The number of hydrogen-bond acceptors (Lipinski definition) is 4. The van der Waals surface area contributed by atoms with Crippen LogP contribution in [0.4, 0.5) is 4.79 Å². The summed E-state index contributed by atoms with van der Waals surface area (Å²) < 4.78 is 5.30. The molecule has 3 rings (SSSR count). The van der Waals surface area contributed by atoms with Crippen molar-refractivity contribution in [2.24, 2.45) is 0 Å². The second-order valence-electron chi connectivity index (χ2n) is 5.62. The molecule has 1 aliphatic rings. The minimum Gasteiger partial charge on any atom is -0.359 e. The van der Waals surface area contributed by atoms with Gasteiger partial charge in [-0.1, -0.05) is 35.5 Å². The minimum absolute atomic E-state index is 0.152. The number of nitrogens with one attached hydrogen (secondary N) is 1. The van der Waals surface area contributed by atoms with E-state index in [9.17, 15) is 9.59 Å². The Bertz CT molecular complexity index is 713. The van der Waals surface area contributed by atoms with E-state index in [-0.39, 0.29) is 11.9 Å². The van der Waals surface area contributed by atoms with Crippen molar-refractivity contribution in [3.63, 3.8) is 0 Å². The van der Waals surface area contributed by atoms with Gasteiger partial charge in [0.25, 0.3) is 0 Å². The van der Waals surface area contributed by atoms with Gasteiger partial charge in [0.05, 0.1) is 13.1 Å². The van der Waals surface area contributed by atoms with Crippen LogP contribution in [0.2, 0.25) is 0 Å². The number of rotatable bonds is 4. The predicted molar refractivity (Wildman–Crippen MR) is 83.4 cm³/mol. The molecule has 7 nitrogen and oxygen atoms in total. The van der Waals surface area contributed by atoms with E-state index in [1.54, 1.807) is 14.1 Å². The van der Waals surface area contributed by atoms with Crippen molar-refractivity contribution in [1.82, 2.24) is 20.3 Å². The highest BCUT2D eigenvalue weighted by molar-refractivity contribution is 5.90. The average Bonchev–Trinajstić information content (AvgIpc) is 3.15. The molecule has 0 radical (unpaired) electrons. The SMILES string of the molecule is CN1C[C@@H](C(=O)N(C)Cc2cc(-c3ccccc3)no2)NC1=O. The quantitative estimate of drug-likeness (QED) is 0.923. The standard InChI is InChI=1S/C16H18N4O3/c1-19(15(21)14-10-20(2)16(22)17-14)9-12-8-13(18-23-12)11-6-4-3-5-7-11/h3-8,14H,9-10H2,1-2H3,(H,17,22)/t14-/m0/s1. The van der Waals surface area contributed by atoms with Crippen LogP contribution in [-0.2, 0) is 11.3 Å². The summed E-state index contributed by atoms with van der Waals surface area (Å²) in [6.45, 7) is 0.669. The highest BCUT2D eigenvalue weighted by Gasteiger charge is 2.33. The van der Waals surface area contributed by atoms with E-state index in [2.05, 4.69) is 10.5 Å². The van der Waals surface area contributed by atoms with Crippen LogP contribution < -0.4 is 5.32 Å². The molecule has 23 heavy (non-hydrogen) atoms. The fourth-order valence-corrected chi connectivity index (χ4v) is 2.51. The Labute approximate surface area is 133 Å². The van der Waals surface area contributed by atoms with Gasteiger partial charge in [-0.2, -0.15) is 0 Å². The number of hydrogen-bond donors (Lipinski definition) is 1. The van der Waals surface area contributed by atoms with Crippen molar-refractivity contribution in [3.8, 4) is 11.3 Å². The molecule has 0 spiro atoms. The lowest BCUT2D eigenvalue weighted by molar-refractivity contribution is -0.132. The zero-order valence-electron chi connectivity index (χ0n) is 13.0. The Morgan fingerprint density at radius 2 is 2.17 bits per heavy atom. The van der Waals surface area contributed by atoms with Gasteiger partial charge in [-0.15, -0.1) is 0 Å². The van der Waals surface area contributed by atoms with Crippen LogP contribution in [0.1, 0.15) is 5.76 Å². The van der Waals surface area contributed by atoms with Crippen LogP contribution in [-0.4, -0.2) is 53.6 Å². The lowest BCUT2D eigenvalue weighted by atomic mass is 10.1. The number of carbonyl (C=O) groups is 2. The van der Waals surface area contributed by atoms with Gasteiger partial charge in [0.2, 0.25) is 5.91 Å². The van der Waals surface area contributed by atoms with Crippen molar-refractivity contribution in [3.05, 3.63) is 42.2 Å². The number of carbonyl (C=O) groups excluding carboxylic acids is 2. The van der Waals surface area contributed by atoms with Crippen LogP contribution in [0.25, 0.3) is 11.3 Å². The maximum atomic E-state index is 12.3. The molecule has 1 atom stereocenters. The van der Waals surface area contributed by atoms with Crippen LogP contribution in [0, 0.1) is 0 Å². The van der Waals surface area contributed by atoms with Gasteiger partial charge in [0.15, 0.2) is 5.76 Å². The Kier molecular flexibility index (Phi) is 4.01. The van der Waals surface area contributed by atoms with Crippen LogP contribution in [0.5, 0.6) is 0 Å². The van der Waals surface area contributed by atoms with Gasteiger partial charge < -0.3 is 19.6 Å². The first kappa shape index (κ1) is 15.1. The molecular formula is C16H18N4O3. The molecule has 0 bridgehead atoms. The topological polar surface area (TPSA) is 78.7 Å². The fraction of sp³-hybridized carbons (Fsp3) is 0.312. The Hall–Kier alpha value is -2.83. The molecule has 0 aliphatic carbocycles. The van der Waals surface area contributed by atoms with E-state index < -0.39 is 6.04 Å². The van der Waals surface area contributed by atoms with E-state index in [1.165, 1.54) is 9.80 Å². The summed E-state index contributed by atoms with van der Waals surface area (Å²) in [5.41, 5.74) is 1.69. The molecule has 1 saturated heterocycles. The number of urea groups is 1. The zero-order valence-corrected chi connectivity index (χ0v) is 13.0. The van der Waals surface area contributed by atoms with Crippen molar-refractivity contribution >= 4 is 11.9 Å². The van der Waals surface area contributed by atoms with E-state index in [4.69, 9.17) is 4.52 Å². The summed E-state index contributed by atoms with van der Waals surface area (Å²) in [5.74, 6) is 0.442. The number of benzene rings is 1. The highest BCUT2D eigenvalue weighted by atomic mass is 16.5. The van der Waals surface area contributed by atoms with Crippen LogP contribution >= 0.6 is 0 Å². The van der Waals surface area contributed by atoms with Gasteiger partial charge in [0, 0.05) is 25.7 Å². The van der Waals surface area contributed by atoms with Gasteiger partial charge in [-0.25, -0.2) is 4.79 Å². The van der Waals surface area contributed by atoms with Crippen molar-refractivity contribution < 1.29 is 14.1 Å². The normalized spacial score (nSPS) is 17.2. The second kappa shape index (κ2) is 6.12. The van der Waals surface area contributed by atoms with E-state index in [0.717, 1.165) is 11.3 Å². The van der Waals surface area contributed by atoms with Crippen molar-refractivity contribution in [1.29, 1.82) is 0 Å². The van der Waals surface area contributed by atoms with Gasteiger partial charge in [-0.3, -0.25) is 4.79 Å². The molecule has 2 aromatic rings. The molecule has 0 unspecified atom stereocenters. The summed E-state index contributed by atoms with van der Waals surface area (Å²) in [6, 6.07) is 10.7. The highest BCUT2D eigenvalue weighted by Crippen LogP contribution is 2.19. The first-order chi connectivity index (χ1) is 11.0. The predicted octanol–water partition coefficient (Wildman–Crippen LogP) is 1.32. The minimum atomic E-state index is -0.519. The third-order valence-corrected chi connectivity index (χ3v) is 3.80. The largest absolute Gasteiger partial charge is 0.359 e. The number of likely N-dealkylation sites (N-methyl/N-ethyl adjacent to an activating group) is 2. The summed E-state index contributed by atoms with van der Waals surface area (Å²) in [4.78, 5) is 26.8. The molecule has 0 saturated carbocycles. The van der Waals surface area contributed by atoms with E-state index in [1.807, 2.05) is 36.4 Å². The van der Waals surface area contributed by atoms with Crippen molar-refractivity contribution in [2.45, 2.75) is 12.6 Å². The molecule has 120 valence electrons. The number of aromatic nitrogens is 1. The maximum absolute atomic E-state index is 12.3. The average molecular weight is 314 g/mol. The van der Waals surface area contributed by atoms with Gasteiger partial charge in [-0.05, 0) is 0 Å². The molecule has 2 heterocycles. The monoisotopic (exact) mass is 314 g/mol. The lowest BCUT2D eigenvalue weighted by Gasteiger charge is -2.19. The number of amides is 3. The first-order valence-corrected chi connectivity index (χ1v) is 7.32. The molecule has 3 amide bonds. The Morgan fingerprint density at radius 3 is 2.83 bits per heavy atom. The molecule has 1 aromatic heterocycles. The molecular weight excluding hydrogens is 296 g/mol. The smallest absolute Gasteiger partial charge is 0.317 e. The van der Waals surface area contributed by atoms with Crippen molar-refractivity contribution in [2.75, 3.05) is 20.6 Å². The fourth-order valence-electron chi connectivity index (χ4n) is 2.51. The van der Waals surface area contributed by atoms with Crippen LogP contribution in [0.15, 0.2) is 40.9 Å². The Balaban J connectivity index is 1.64. The molecule has 7 heteroatoms. The second-order valence-corrected chi connectivity index (χ2v) is 5.62. The van der Waals surface area contributed by atoms with Gasteiger partial charge >= 0.3 is 6.03 Å². The first-order valence-electron chi connectivity index (χ1n) is 7.32. The summed E-state index contributed by atoms with van der Waals surface area (Å²) in [7, 11) is 3.34. The molecule has 1 aliphatic heterocycles. The summed E-state index contributed by atoms with van der Waals surface area (Å²) in [6.07, 6.45) is 0. The zero-order chi connectivity index (χ0) is 16.4. The van der Waals surface area contributed by atoms with E-state index in [0.29, 0.717) is 18.8 Å². The third-order valence-electron chi connectivity index (χ3n) is 3.80. The maximum Gasteiger partial charge on any atom is 0.317 e. The van der Waals surface area contributed by atoms with Crippen LogP contribution in [0.3, 0.4) is 0 Å². The summed E-state index contributed by atoms with van der Waals surface area (Å²) >= 11 is 0. The van der Waals surface area contributed by atoms with E-state index >= 15 is 0 Å².